The molecule has 0 saturated carbocycles. The van der Waals surface area contributed by atoms with Gasteiger partial charge in [-0.3, -0.25) is 0 Å². The van der Waals surface area contributed by atoms with Crippen LogP contribution in [0.5, 0.6) is 0 Å². The third kappa shape index (κ3) is 2.40. The first-order chi connectivity index (χ1) is 9.61. The van der Waals surface area contributed by atoms with Crippen molar-refractivity contribution in [3.05, 3.63) is 41.1 Å². The number of benzene rings is 1. The van der Waals surface area contributed by atoms with Crippen LogP contribution in [0.3, 0.4) is 0 Å². The molecule has 3 rings (SSSR count). The number of nitrogens with one attached hydrogen (secondary N) is 3. The lowest BCUT2D eigenvalue weighted by Crippen LogP contribution is -2.12. The number of anilines is 1. The fraction of sp³-hybridized carbons (Fsp3) is 0.214. The van der Waals surface area contributed by atoms with Gasteiger partial charge in [-0.2, -0.15) is 0 Å². The van der Waals surface area contributed by atoms with Crippen molar-refractivity contribution in [3.63, 3.8) is 0 Å². The molecule has 2 heterocycles. The second kappa shape index (κ2) is 4.80. The van der Waals surface area contributed by atoms with Gasteiger partial charge in [0.1, 0.15) is 0 Å². The van der Waals surface area contributed by atoms with Crippen molar-refractivity contribution >= 4 is 17.0 Å². The lowest BCUT2D eigenvalue weighted by molar-refractivity contribution is 0.874. The minimum atomic E-state index is -0.204. The number of rotatable bonds is 3. The van der Waals surface area contributed by atoms with E-state index in [1.165, 1.54) is 0 Å². The second-order valence-electron chi connectivity index (χ2n) is 4.93. The molecule has 3 aromatic rings. The molecule has 0 aliphatic rings. The van der Waals surface area contributed by atoms with Gasteiger partial charge in [0.25, 0.3) is 0 Å². The Balaban J connectivity index is 1.95. The van der Waals surface area contributed by atoms with E-state index < -0.39 is 0 Å². The van der Waals surface area contributed by atoms with Crippen LogP contribution in [-0.2, 0) is 0 Å². The molecule has 0 atom stereocenters. The maximum absolute atomic E-state index is 11.2. The number of aromatic amines is 2. The van der Waals surface area contributed by atoms with Crippen LogP contribution in [0.1, 0.15) is 13.8 Å². The molecule has 0 aliphatic heterocycles. The topological polar surface area (TPSA) is 86.5 Å². The van der Waals surface area contributed by atoms with Gasteiger partial charge in [-0.25, -0.2) is 14.8 Å². The maximum Gasteiger partial charge on any atom is 0.323 e. The van der Waals surface area contributed by atoms with E-state index >= 15 is 0 Å². The van der Waals surface area contributed by atoms with E-state index in [0.717, 1.165) is 22.2 Å². The Morgan fingerprint density at radius 3 is 2.45 bits per heavy atom. The Morgan fingerprint density at radius 1 is 1.05 bits per heavy atom. The molecule has 6 heteroatoms. The molecule has 20 heavy (non-hydrogen) atoms. The van der Waals surface area contributed by atoms with E-state index in [2.05, 4.69) is 25.3 Å². The van der Waals surface area contributed by atoms with Crippen LogP contribution >= 0.6 is 0 Å². The Hall–Kier alpha value is -2.63. The van der Waals surface area contributed by atoms with Crippen LogP contribution in [0, 0.1) is 0 Å². The number of hydrogen-bond acceptors (Lipinski definition) is 4. The lowest BCUT2D eigenvalue weighted by Gasteiger charge is -2.08. The summed E-state index contributed by atoms with van der Waals surface area (Å²) in [7, 11) is 0. The van der Waals surface area contributed by atoms with Crippen LogP contribution < -0.4 is 11.0 Å². The molecule has 3 N–H and O–H groups in total. The number of H-pyrrole nitrogens is 2. The molecular weight excluding hydrogens is 254 g/mol. The van der Waals surface area contributed by atoms with E-state index in [1.54, 1.807) is 12.4 Å². The highest BCUT2D eigenvalue weighted by molar-refractivity contribution is 5.81. The summed E-state index contributed by atoms with van der Waals surface area (Å²) in [5.41, 5.74) is 3.23. The number of fused-ring (bicyclic) bond motifs is 1. The third-order valence-electron chi connectivity index (χ3n) is 2.92. The summed E-state index contributed by atoms with van der Waals surface area (Å²) >= 11 is 0. The zero-order valence-corrected chi connectivity index (χ0v) is 11.3. The molecule has 0 bridgehead atoms. The molecule has 102 valence electrons. The molecule has 0 aliphatic carbocycles. The van der Waals surface area contributed by atoms with Crippen LogP contribution in [0.25, 0.3) is 22.2 Å². The zero-order valence-electron chi connectivity index (χ0n) is 11.3. The van der Waals surface area contributed by atoms with Crippen molar-refractivity contribution in [3.8, 4) is 11.1 Å². The summed E-state index contributed by atoms with van der Waals surface area (Å²) in [6.45, 7) is 4.07. The Kier molecular flexibility index (Phi) is 2.98. The quantitative estimate of drug-likeness (QED) is 0.680. The van der Waals surface area contributed by atoms with Gasteiger partial charge in [-0.1, -0.05) is 6.07 Å². The van der Waals surface area contributed by atoms with Gasteiger partial charge in [0, 0.05) is 24.0 Å². The Bertz CT molecular complexity index is 785. The average Bonchev–Trinajstić information content (AvgIpc) is 2.78. The van der Waals surface area contributed by atoms with Crippen molar-refractivity contribution in [1.29, 1.82) is 0 Å². The van der Waals surface area contributed by atoms with Gasteiger partial charge < -0.3 is 15.3 Å². The van der Waals surface area contributed by atoms with Crippen LogP contribution in [0.2, 0.25) is 0 Å². The normalized spacial score (nSPS) is 11.2. The van der Waals surface area contributed by atoms with Crippen molar-refractivity contribution in [2.45, 2.75) is 19.9 Å². The molecule has 0 spiro atoms. The van der Waals surface area contributed by atoms with Crippen LogP contribution in [0.15, 0.2) is 35.4 Å². The summed E-state index contributed by atoms with van der Waals surface area (Å²) in [5, 5.41) is 3.14. The molecule has 1 aromatic carbocycles. The monoisotopic (exact) mass is 269 g/mol. The molecule has 2 aromatic heterocycles. The smallest absolute Gasteiger partial charge is 0.323 e. The minimum Gasteiger partial charge on any atom is -0.352 e. The van der Waals surface area contributed by atoms with E-state index in [0.29, 0.717) is 12.0 Å². The van der Waals surface area contributed by atoms with Gasteiger partial charge >= 0.3 is 5.69 Å². The lowest BCUT2D eigenvalue weighted by atomic mass is 10.1. The zero-order chi connectivity index (χ0) is 14.1. The first-order valence-corrected chi connectivity index (χ1v) is 6.43. The predicted octanol–water partition coefficient (Wildman–Crippen LogP) is 2.13. The van der Waals surface area contributed by atoms with Gasteiger partial charge in [0.15, 0.2) is 0 Å². The number of aromatic nitrogens is 4. The maximum atomic E-state index is 11.2. The van der Waals surface area contributed by atoms with Gasteiger partial charge in [0.2, 0.25) is 5.95 Å². The van der Waals surface area contributed by atoms with E-state index in [-0.39, 0.29) is 5.69 Å². The largest absolute Gasteiger partial charge is 0.352 e. The number of imidazole rings is 1. The predicted molar refractivity (Wildman–Crippen MR) is 78.7 cm³/mol. The van der Waals surface area contributed by atoms with E-state index in [4.69, 9.17) is 0 Å². The Morgan fingerprint density at radius 2 is 1.75 bits per heavy atom. The summed E-state index contributed by atoms with van der Waals surface area (Å²) in [6.07, 6.45) is 3.54. The summed E-state index contributed by atoms with van der Waals surface area (Å²) in [4.78, 5) is 25.3. The van der Waals surface area contributed by atoms with Crippen LogP contribution in [-0.4, -0.2) is 26.0 Å². The molecule has 0 amide bonds. The summed E-state index contributed by atoms with van der Waals surface area (Å²) in [6, 6.07) is 5.99. The van der Waals surface area contributed by atoms with Crippen molar-refractivity contribution < 1.29 is 0 Å². The number of hydrogen-bond donors (Lipinski definition) is 3. The molecule has 0 saturated heterocycles. The molecule has 6 nitrogen and oxygen atoms in total. The van der Waals surface area contributed by atoms with E-state index in [1.807, 2.05) is 32.0 Å². The standard InChI is InChI=1S/C14H15N5O/c1-8(2)17-13-15-6-10(7-16-13)9-3-4-11-12(5-9)19-14(20)18-11/h3-8H,1-2H3,(H,15,16,17)(H2,18,19,20). The first-order valence-electron chi connectivity index (χ1n) is 6.43. The highest BCUT2D eigenvalue weighted by Crippen LogP contribution is 2.21. The molecule has 0 unspecified atom stereocenters. The Labute approximate surface area is 115 Å². The minimum absolute atomic E-state index is 0.204. The summed E-state index contributed by atoms with van der Waals surface area (Å²) < 4.78 is 0. The highest BCUT2D eigenvalue weighted by atomic mass is 16.1. The van der Waals surface area contributed by atoms with Crippen molar-refractivity contribution in [2.24, 2.45) is 0 Å². The highest BCUT2D eigenvalue weighted by Gasteiger charge is 2.04. The van der Waals surface area contributed by atoms with Gasteiger partial charge in [-0.05, 0) is 31.5 Å². The summed E-state index contributed by atoms with van der Waals surface area (Å²) in [5.74, 6) is 0.611. The van der Waals surface area contributed by atoms with Gasteiger partial charge in [-0.15, -0.1) is 0 Å². The fourth-order valence-corrected chi connectivity index (χ4v) is 2.02. The first kappa shape index (κ1) is 12.4. The molecule has 0 fully saturated rings. The molecular formula is C14H15N5O. The average molecular weight is 269 g/mol. The van der Waals surface area contributed by atoms with Crippen LogP contribution in [0.4, 0.5) is 5.95 Å². The number of nitrogens with zero attached hydrogens (tertiary/aromatic N) is 2. The van der Waals surface area contributed by atoms with E-state index in [9.17, 15) is 4.79 Å². The SMILES string of the molecule is CC(C)Nc1ncc(-c2ccc3[nH]c(=O)[nH]c3c2)cn1. The molecule has 0 radical (unpaired) electrons. The van der Waals surface area contributed by atoms with Crippen molar-refractivity contribution in [2.75, 3.05) is 5.32 Å². The van der Waals surface area contributed by atoms with Gasteiger partial charge in [0.05, 0.1) is 11.0 Å². The fourth-order valence-electron chi connectivity index (χ4n) is 2.02. The third-order valence-corrected chi connectivity index (χ3v) is 2.92. The van der Waals surface area contributed by atoms with Crippen molar-refractivity contribution in [1.82, 2.24) is 19.9 Å². The second-order valence-corrected chi connectivity index (χ2v) is 4.93.